The van der Waals surface area contributed by atoms with Gasteiger partial charge in [0.15, 0.2) is 11.3 Å². The molecule has 0 saturated carbocycles. The van der Waals surface area contributed by atoms with Crippen LogP contribution in [0.4, 0.5) is 0 Å². The molecule has 1 amide bonds. The van der Waals surface area contributed by atoms with E-state index in [9.17, 15) is 4.79 Å². The highest BCUT2D eigenvalue weighted by Gasteiger charge is 2.22. The first-order valence-electron chi connectivity index (χ1n) is 9.01. The fourth-order valence-electron chi connectivity index (χ4n) is 3.36. The molecule has 0 radical (unpaired) electrons. The molecule has 0 aliphatic carbocycles. The van der Waals surface area contributed by atoms with Crippen LogP contribution in [0.5, 0.6) is 0 Å². The van der Waals surface area contributed by atoms with Crippen molar-refractivity contribution in [2.75, 3.05) is 32.7 Å². The number of nitrogens with zero attached hydrogens (tertiary/aromatic N) is 7. The summed E-state index contributed by atoms with van der Waals surface area (Å²) in [5.41, 5.74) is 2.34. The van der Waals surface area contributed by atoms with E-state index in [1.165, 1.54) is 5.69 Å². The van der Waals surface area contributed by atoms with Gasteiger partial charge in [-0.3, -0.25) is 14.4 Å². The van der Waals surface area contributed by atoms with E-state index in [-0.39, 0.29) is 5.91 Å². The average Bonchev–Trinajstić information content (AvgIpc) is 3.19. The van der Waals surface area contributed by atoms with Gasteiger partial charge in [0.2, 0.25) is 0 Å². The van der Waals surface area contributed by atoms with Crippen LogP contribution in [0.2, 0.25) is 0 Å². The van der Waals surface area contributed by atoms with Gasteiger partial charge >= 0.3 is 0 Å². The van der Waals surface area contributed by atoms with E-state index in [0.29, 0.717) is 11.3 Å². The van der Waals surface area contributed by atoms with Crippen molar-refractivity contribution in [2.45, 2.75) is 19.9 Å². The first kappa shape index (κ1) is 16.7. The summed E-state index contributed by atoms with van der Waals surface area (Å²) >= 11 is 0. The average molecular weight is 353 g/mol. The van der Waals surface area contributed by atoms with Crippen LogP contribution >= 0.6 is 0 Å². The molecule has 1 saturated heterocycles. The van der Waals surface area contributed by atoms with E-state index in [1.54, 1.807) is 29.0 Å². The summed E-state index contributed by atoms with van der Waals surface area (Å²) < 4.78 is 3.67. The fraction of sp³-hybridized carbons (Fsp3) is 0.444. The molecule has 3 aromatic rings. The number of hydrogen-bond donors (Lipinski definition) is 0. The van der Waals surface area contributed by atoms with Crippen molar-refractivity contribution < 1.29 is 4.79 Å². The number of hydrogen-bond acceptors (Lipinski definition) is 5. The van der Waals surface area contributed by atoms with Crippen LogP contribution in [0.1, 0.15) is 22.6 Å². The van der Waals surface area contributed by atoms with Crippen molar-refractivity contribution in [3.8, 4) is 0 Å². The Labute approximate surface area is 152 Å². The maximum atomic E-state index is 12.8. The Hall–Kier alpha value is -2.74. The third kappa shape index (κ3) is 3.45. The summed E-state index contributed by atoms with van der Waals surface area (Å²) in [7, 11) is 0. The molecule has 0 bridgehead atoms. The Morgan fingerprint density at radius 3 is 2.88 bits per heavy atom. The minimum absolute atomic E-state index is 0.0136. The highest BCUT2D eigenvalue weighted by molar-refractivity contribution is 5.93. The molecule has 0 unspecified atom stereocenters. The minimum atomic E-state index is -0.0136. The second kappa shape index (κ2) is 7.25. The van der Waals surface area contributed by atoms with E-state index >= 15 is 0 Å². The van der Waals surface area contributed by atoms with Crippen LogP contribution in [-0.4, -0.2) is 72.8 Å². The topological polar surface area (TPSA) is 71.6 Å². The number of aromatic nitrogens is 5. The van der Waals surface area contributed by atoms with Gasteiger partial charge in [0.1, 0.15) is 0 Å². The first-order chi connectivity index (χ1) is 12.7. The molecule has 0 N–H and O–H groups in total. The molecule has 1 fully saturated rings. The number of amides is 1. The van der Waals surface area contributed by atoms with Crippen molar-refractivity contribution >= 4 is 11.6 Å². The molecule has 4 rings (SSSR count). The maximum absolute atomic E-state index is 12.8. The molecule has 4 heterocycles. The summed E-state index contributed by atoms with van der Waals surface area (Å²) in [6.07, 6.45) is 6.31. The van der Waals surface area contributed by atoms with Crippen LogP contribution in [0.25, 0.3) is 5.65 Å². The van der Waals surface area contributed by atoms with Crippen molar-refractivity contribution in [3.05, 3.63) is 48.2 Å². The van der Waals surface area contributed by atoms with Gasteiger partial charge in [-0.05, 0) is 32.0 Å². The lowest BCUT2D eigenvalue weighted by molar-refractivity contribution is 0.0755. The Bertz CT molecular complexity index is 867. The SMILES string of the molecule is Cc1ccnn1CCN1CCCN(C(=O)c2cc3ncccn3n2)CC1. The third-order valence-electron chi connectivity index (χ3n) is 4.89. The zero-order chi connectivity index (χ0) is 17.9. The number of carbonyl (C=O) groups excluding carboxylic acids is 1. The van der Waals surface area contributed by atoms with E-state index in [1.807, 2.05) is 21.8 Å². The molecule has 26 heavy (non-hydrogen) atoms. The molecular formula is C18H23N7O. The Balaban J connectivity index is 1.37. The Kier molecular flexibility index (Phi) is 4.66. The quantitative estimate of drug-likeness (QED) is 0.702. The molecule has 3 aromatic heterocycles. The number of fused-ring (bicyclic) bond motifs is 1. The van der Waals surface area contributed by atoms with Crippen LogP contribution in [0, 0.1) is 6.92 Å². The summed E-state index contributed by atoms with van der Waals surface area (Å²) in [6.45, 7) is 7.25. The predicted octanol–water partition coefficient (Wildman–Crippen LogP) is 1.08. The van der Waals surface area contributed by atoms with Gasteiger partial charge in [0.25, 0.3) is 5.91 Å². The smallest absolute Gasteiger partial charge is 0.274 e. The largest absolute Gasteiger partial charge is 0.336 e. The van der Waals surface area contributed by atoms with Crippen LogP contribution in [0.15, 0.2) is 36.8 Å². The monoisotopic (exact) mass is 353 g/mol. The summed E-state index contributed by atoms with van der Waals surface area (Å²) in [5, 5.41) is 8.69. The van der Waals surface area contributed by atoms with Crippen LogP contribution < -0.4 is 0 Å². The number of rotatable bonds is 4. The highest BCUT2D eigenvalue weighted by atomic mass is 16.2. The van der Waals surface area contributed by atoms with Gasteiger partial charge in [0, 0.05) is 56.5 Å². The van der Waals surface area contributed by atoms with E-state index < -0.39 is 0 Å². The zero-order valence-corrected chi connectivity index (χ0v) is 15.0. The van der Waals surface area contributed by atoms with Crippen LogP contribution in [0.3, 0.4) is 0 Å². The van der Waals surface area contributed by atoms with E-state index in [2.05, 4.69) is 27.0 Å². The third-order valence-corrected chi connectivity index (χ3v) is 4.89. The van der Waals surface area contributed by atoms with Gasteiger partial charge in [-0.1, -0.05) is 0 Å². The van der Waals surface area contributed by atoms with Crippen LogP contribution in [-0.2, 0) is 6.54 Å². The van der Waals surface area contributed by atoms with Crippen molar-refractivity contribution in [2.24, 2.45) is 0 Å². The lowest BCUT2D eigenvalue weighted by Gasteiger charge is -2.21. The van der Waals surface area contributed by atoms with Gasteiger partial charge in [-0.25, -0.2) is 9.50 Å². The molecule has 1 aliphatic rings. The summed E-state index contributed by atoms with van der Waals surface area (Å²) in [5.74, 6) is -0.0136. The second-order valence-electron chi connectivity index (χ2n) is 6.64. The van der Waals surface area contributed by atoms with Crippen molar-refractivity contribution in [1.29, 1.82) is 0 Å². The van der Waals surface area contributed by atoms with Gasteiger partial charge in [0.05, 0.1) is 6.54 Å². The molecule has 8 heteroatoms. The lowest BCUT2D eigenvalue weighted by atomic mass is 10.3. The standard InChI is InChI=1S/C18H23N7O/c1-15-4-6-20-24(15)13-11-22-7-3-8-23(12-10-22)18(26)16-14-17-19-5-2-9-25(17)21-16/h2,4-6,9,14H,3,7-8,10-13H2,1H3. The first-order valence-corrected chi connectivity index (χ1v) is 9.01. The molecule has 0 atom stereocenters. The molecule has 8 nitrogen and oxygen atoms in total. The fourth-order valence-corrected chi connectivity index (χ4v) is 3.36. The van der Waals surface area contributed by atoms with E-state index in [4.69, 9.17) is 0 Å². The molecule has 0 spiro atoms. The van der Waals surface area contributed by atoms with Gasteiger partial charge in [-0.15, -0.1) is 0 Å². The molecule has 0 aromatic carbocycles. The van der Waals surface area contributed by atoms with Gasteiger partial charge in [-0.2, -0.15) is 10.2 Å². The van der Waals surface area contributed by atoms with E-state index in [0.717, 1.165) is 45.7 Å². The lowest BCUT2D eigenvalue weighted by Crippen LogP contribution is -2.36. The highest BCUT2D eigenvalue weighted by Crippen LogP contribution is 2.10. The number of aryl methyl sites for hydroxylation is 1. The molecular weight excluding hydrogens is 330 g/mol. The zero-order valence-electron chi connectivity index (χ0n) is 15.0. The Morgan fingerprint density at radius 2 is 2.08 bits per heavy atom. The second-order valence-corrected chi connectivity index (χ2v) is 6.64. The minimum Gasteiger partial charge on any atom is -0.336 e. The number of carbonyl (C=O) groups is 1. The summed E-state index contributed by atoms with van der Waals surface area (Å²) in [6, 6.07) is 5.58. The maximum Gasteiger partial charge on any atom is 0.274 e. The van der Waals surface area contributed by atoms with Gasteiger partial charge < -0.3 is 4.90 Å². The normalized spacial score (nSPS) is 16.1. The predicted molar refractivity (Wildman–Crippen MR) is 96.9 cm³/mol. The van der Waals surface area contributed by atoms with Crippen molar-refractivity contribution in [3.63, 3.8) is 0 Å². The molecule has 1 aliphatic heterocycles. The molecule has 136 valence electrons. The Morgan fingerprint density at radius 1 is 1.15 bits per heavy atom. The van der Waals surface area contributed by atoms with Crippen molar-refractivity contribution in [1.82, 2.24) is 34.2 Å². The summed E-state index contributed by atoms with van der Waals surface area (Å²) in [4.78, 5) is 21.3.